The SMILES string of the molecule is OC(Cc1cncc(Br)c1)C1C2CC3CC(C2)CC1C3. The molecule has 108 valence electrons. The molecule has 1 atom stereocenters. The Bertz CT molecular complexity index is 476. The summed E-state index contributed by atoms with van der Waals surface area (Å²) in [6.07, 6.45) is 11.3. The summed E-state index contributed by atoms with van der Waals surface area (Å²) in [5.74, 6) is 4.09. The maximum atomic E-state index is 10.8. The normalized spacial score (nSPS) is 40.0. The van der Waals surface area contributed by atoms with E-state index in [4.69, 9.17) is 0 Å². The van der Waals surface area contributed by atoms with Crippen molar-refractivity contribution in [1.29, 1.82) is 0 Å². The van der Waals surface area contributed by atoms with Crippen LogP contribution in [0, 0.1) is 29.6 Å². The van der Waals surface area contributed by atoms with E-state index in [-0.39, 0.29) is 6.10 Å². The second-order valence-electron chi connectivity index (χ2n) is 7.29. The summed E-state index contributed by atoms with van der Waals surface area (Å²) in [6, 6.07) is 2.09. The largest absolute Gasteiger partial charge is 0.392 e. The first-order valence-corrected chi connectivity index (χ1v) is 8.76. The Labute approximate surface area is 129 Å². The second-order valence-corrected chi connectivity index (χ2v) is 8.21. The third-order valence-electron chi connectivity index (χ3n) is 5.95. The average molecular weight is 336 g/mol. The summed E-state index contributed by atoms with van der Waals surface area (Å²) < 4.78 is 1.01. The van der Waals surface area contributed by atoms with Crippen LogP contribution in [0.25, 0.3) is 0 Å². The van der Waals surface area contributed by atoms with E-state index in [1.807, 2.05) is 6.20 Å². The van der Waals surface area contributed by atoms with Crippen molar-refractivity contribution in [3.63, 3.8) is 0 Å². The number of halogens is 1. The van der Waals surface area contributed by atoms with Gasteiger partial charge in [-0.3, -0.25) is 4.98 Å². The first kappa shape index (κ1) is 13.3. The number of aliphatic hydroxyl groups is 1. The van der Waals surface area contributed by atoms with Crippen LogP contribution in [0.4, 0.5) is 0 Å². The number of hydrogen-bond donors (Lipinski definition) is 1. The molecule has 3 heteroatoms. The summed E-state index contributed by atoms with van der Waals surface area (Å²) >= 11 is 3.47. The molecule has 0 aliphatic heterocycles. The van der Waals surface area contributed by atoms with Crippen molar-refractivity contribution < 1.29 is 5.11 Å². The Kier molecular flexibility index (Phi) is 3.38. The Morgan fingerprint density at radius 3 is 2.35 bits per heavy atom. The van der Waals surface area contributed by atoms with Gasteiger partial charge in [0.15, 0.2) is 0 Å². The topological polar surface area (TPSA) is 33.1 Å². The van der Waals surface area contributed by atoms with Gasteiger partial charge in [-0.05, 0) is 89.3 Å². The van der Waals surface area contributed by atoms with Crippen LogP contribution in [0.15, 0.2) is 22.9 Å². The van der Waals surface area contributed by atoms with Gasteiger partial charge < -0.3 is 5.11 Å². The molecule has 0 spiro atoms. The van der Waals surface area contributed by atoms with Gasteiger partial charge in [0.25, 0.3) is 0 Å². The molecule has 0 radical (unpaired) electrons. The number of pyridine rings is 1. The molecule has 0 aromatic carbocycles. The third kappa shape index (κ3) is 2.33. The molecule has 5 rings (SSSR count). The molecule has 1 aromatic heterocycles. The van der Waals surface area contributed by atoms with Gasteiger partial charge in [-0.2, -0.15) is 0 Å². The molecule has 1 heterocycles. The van der Waals surface area contributed by atoms with Gasteiger partial charge in [-0.25, -0.2) is 0 Å². The Morgan fingerprint density at radius 1 is 1.10 bits per heavy atom. The highest BCUT2D eigenvalue weighted by Gasteiger charge is 2.50. The lowest BCUT2D eigenvalue weighted by Gasteiger charge is -2.55. The van der Waals surface area contributed by atoms with Crippen LogP contribution in [0.2, 0.25) is 0 Å². The van der Waals surface area contributed by atoms with Crippen LogP contribution in [0.1, 0.15) is 37.7 Å². The summed E-state index contributed by atoms with van der Waals surface area (Å²) in [5.41, 5.74) is 1.15. The smallest absolute Gasteiger partial charge is 0.0614 e. The fraction of sp³-hybridized carbons (Fsp3) is 0.706. The summed E-state index contributed by atoms with van der Waals surface area (Å²) in [7, 11) is 0. The zero-order chi connectivity index (χ0) is 13.7. The first-order chi connectivity index (χ1) is 9.69. The molecular weight excluding hydrogens is 314 g/mol. The fourth-order valence-electron chi connectivity index (χ4n) is 5.54. The van der Waals surface area contributed by atoms with E-state index in [1.165, 1.54) is 32.1 Å². The van der Waals surface area contributed by atoms with Gasteiger partial charge in [-0.15, -0.1) is 0 Å². The van der Waals surface area contributed by atoms with Crippen molar-refractivity contribution in [3.8, 4) is 0 Å². The van der Waals surface area contributed by atoms with E-state index in [2.05, 4.69) is 27.0 Å². The molecule has 1 unspecified atom stereocenters. The van der Waals surface area contributed by atoms with Crippen molar-refractivity contribution in [2.75, 3.05) is 0 Å². The maximum Gasteiger partial charge on any atom is 0.0614 e. The molecule has 2 nitrogen and oxygen atoms in total. The Hall–Kier alpha value is -0.410. The van der Waals surface area contributed by atoms with E-state index in [0.717, 1.165) is 40.1 Å². The molecule has 0 amide bonds. The molecule has 1 aromatic rings. The molecule has 4 saturated carbocycles. The summed E-state index contributed by atoms with van der Waals surface area (Å²) in [4.78, 5) is 4.22. The quantitative estimate of drug-likeness (QED) is 0.910. The van der Waals surface area contributed by atoms with E-state index < -0.39 is 0 Å². The lowest BCUT2D eigenvalue weighted by Crippen LogP contribution is -2.49. The van der Waals surface area contributed by atoms with E-state index in [1.54, 1.807) is 6.20 Å². The molecule has 20 heavy (non-hydrogen) atoms. The fourth-order valence-corrected chi connectivity index (χ4v) is 5.95. The predicted octanol–water partition coefficient (Wildman–Crippen LogP) is 3.82. The number of aromatic nitrogens is 1. The van der Waals surface area contributed by atoms with Crippen molar-refractivity contribution in [2.24, 2.45) is 29.6 Å². The summed E-state index contributed by atoms with van der Waals surface area (Å²) in [6.45, 7) is 0. The minimum atomic E-state index is -0.180. The number of hydrogen-bond acceptors (Lipinski definition) is 2. The standard InChI is InChI=1S/C17H22BrNO/c18-15-6-12(8-19-9-15)7-16(20)17-13-2-10-1-11(4-13)5-14(17)3-10/h6,8-11,13-14,16-17,20H,1-5,7H2. The number of nitrogens with zero attached hydrogens (tertiary/aromatic N) is 1. The van der Waals surface area contributed by atoms with Gasteiger partial charge in [-0.1, -0.05) is 0 Å². The van der Waals surface area contributed by atoms with Gasteiger partial charge in [0.1, 0.15) is 0 Å². The van der Waals surface area contributed by atoms with E-state index in [0.29, 0.717) is 5.92 Å². The zero-order valence-corrected chi connectivity index (χ0v) is 13.3. The van der Waals surface area contributed by atoms with Gasteiger partial charge >= 0.3 is 0 Å². The molecule has 4 aliphatic carbocycles. The lowest BCUT2D eigenvalue weighted by atomic mass is 9.50. The van der Waals surface area contributed by atoms with Crippen LogP contribution < -0.4 is 0 Å². The van der Waals surface area contributed by atoms with E-state index in [9.17, 15) is 5.11 Å². The van der Waals surface area contributed by atoms with Gasteiger partial charge in [0.2, 0.25) is 0 Å². The number of aliphatic hydroxyl groups excluding tert-OH is 1. The second kappa shape index (κ2) is 5.10. The average Bonchev–Trinajstić information content (AvgIpc) is 2.37. The molecule has 1 N–H and O–H groups in total. The first-order valence-electron chi connectivity index (χ1n) is 7.96. The highest BCUT2D eigenvalue weighted by Crippen LogP contribution is 2.57. The minimum Gasteiger partial charge on any atom is -0.392 e. The van der Waals surface area contributed by atoms with E-state index >= 15 is 0 Å². The van der Waals surface area contributed by atoms with Crippen molar-refractivity contribution in [2.45, 2.75) is 44.6 Å². The van der Waals surface area contributed by atoms with Crippen LogP contribution in [-0.2, 0) is 6.42 Å². The summed E-state index contributed by atoms with van der Waals surface area (Å²) in [5, 5.41) is 10.8. The Balaban J connectivity index is 1.50. The zero-order valence-electron chi connectivity index (χ0n) is 11.7. The maximum absolute atomic E-state index is 10.8. The van der Waals surface area contributed by atoms with Crippen molar-refractivity contribution in [3.05, 3.63) is 28.5 Å². The Morgan fingerprint density at radius 2 is 1.75 bits per heavy atom. The highest BCUT2D eigenvalue weighted by molar-refractivity contribution is 9.10. The highest BCUT2D eigenvalue weighted by atomic mass is 79.9. The van der Waals surface area contributed by atoms with Crippen LogP contribution in [0.5, 0.6) is 0 Å². The van der Waals surface area contributed by atoms with Crippen LogP contribution in [-0.4, -0.2) is 16.2 Å². The third-order valence-corrected chi connectivity index (χ3v) is 6.38. The van der Waals surface area contributed by atoms with Crippen molar-refractivity contribution in [1.82, 2.24) is 4.98 Å². The molecule has 4 fully saturated rings. The lowest BCUT2D eigenvalue weighted by molar-refractivity contribution is -0.0887. The van der Waals surface area contributed by atoms with Gasteiger partial charge in [0.05, 0.1) is 6.10 Å². The molecule has 0 saturated heterocycles. The predicted molar refractivity (Wildman–Crippen MR) is 82.2 cm³/mol. The van der Waals surface area contributed by atoms with Gasteiger partial charge in [0, 0.05) is 23.3 Å². The minimum absolute atomic E-state index is 0.180. The van der Waals surface area contributed by atoms with Crippen LogP contribution in [0.3, 0.4) is 0 Å². The molecular formula is C17H22BrNO. The molecule has 4 bridgehead atoms. The van der Waals surface area contributed by atoms with Crippen LogP contribution >= 0.6 is 15.9 Å². The monoisotopic (exact) mass is 335 g/mol. The van der Waals surface area contributed by atoms with Crippen molar-refractivity contribution >= 4 is 15.9 Å². The number of rotatable bonds is 3. The molecule has 4 aliphatic rings.